The lowest BCUT2D eigenvalue weighted by Gasteiger charge is -2.04. The van der Waals surface area contributed by atoms with Crippen molar-refractivity contribution < 1.29 is 5.21 Å². The Morgan fingerprint density at radius 1 is 1.11 bits per heavy atom. The fourth-order valence-electron chi connectivity index (χ4n) is 1.56. The van der Waals surface area contributed by atoms with Crippen LogP contribution in [-0.2, 0) is 5.75 Å². The maximum absolute atomic E-state index is 8.64. The van der Waals surface area contributed by atoms with Gasteiger partial charge in [0.05, 0.1) is 0 Å². The van der Waals surface area contributed by atoms with E-state index in [4.69, 9.17) is 10.9 Å². The minimum atomic E-state index is 0.140. The lowest BCUT2D eigenvalue weighted by atomic mass is 10.1. The van der Waals surface area contributed by atoms with Gasteiger partial charge in [-0.15, -0.1) is 11.8 Å². The van der Waals surface area contributed by atoms with Crippen LogP contribution in [0.15, 0.2) is 64.6 Å². The molecule has 0 spiro atoms. The van der Waals surface area contributed by atoms with Crippen molar-refractivity contribution in [3.05, 3.63) is 65.7 Å². The van der Waals surface area contributed by atoms with E-state index in [0.29, 0.717) is 0 Å². The average Bonchev–Trinajstić information content (AvgIpc) is 2.45. The molecule has 18 heavy (non-hydrogen) atoms. The highest BCUT2D eigenvalue weighted by Crippen LogP contribution is 2.22. The Balaban J connectivity index is 2.06. The molecule has 3 N–H and O–H groups in total. The van der Waals surface area contributed by atoms with Gasteiger partial charge in [0, 0.05) is 16.2 Å². The summed E-state index contributed by atoms with van der Waals surface area (Å²) < 4.78 is 0. The molecule has 0 heterocycles. The van der Waals surface area contributed by atoms with Gasteiger partial charge in [0.15, 0.2) is 5.84 Å². The molecule has 0 radical (unpaired) electrons. The van der Waals surface area contributed by atoms with Crippen molar-refractivity contribution in [1.82, 2.24) is 0 Å². The second-order valence-electron chi connectivity index (χ2n) is 3.79. The molecule has 0 bridgehead atoms. The summed E-state index contributed by atoms with van der Waals surface area (Å²) in [6.45, 7) is 0. The van der Waals surface area contributed by atoms with Crippen molar-refractivity contribution in [2.45, 2.75) is 10.6 Å². The fraction of sp³-hybridized carbons (Fsp3) is 0.0714. The topological polar surface area (TPSA) is 58.6 Å². The minimum absolute atomic E-state index is 0.140. The van der Waals surface area contributed by atoms with Crippen molar-refractivity contribution in [3.8, 4) is 0 Å². The average molecular weight is 258 g/mol. The van der Waals surface area contributed by atoms with Crippen LogP contribution < -0.4 is 5.73 Å². The van der Waals surface area contributed by atoms with Gasteiger partial charge in [-0.2, -0.15) is 0 Å². The first kappa shape index (κ1) is 12.5. The molecule has 4 heteroatoms. The zero-order chi connectivity index (χ0) is 12.8. The first-order chi connectivity index (χ1) is 8.79. The summed E-state index contributed by atoms with van der Waals surface area (Å²) in [5.74, 6) is 0.998. The number of benzene rings is 2. The van der Waals surface area contributed by atoms with Gasteiger partial charge in [0.2, 0.25) is 0 Å². The lowest BCUT2D eigenvalue weighted by molar-refractivity contribution is 0.318. The van der Waals surface area contributed by atoms with E-state index in [2.05, 4.69) is 17.3 Å². The van der Waals surface area contributed by atoms with Gasteiger partial charge in [0.1, 0.15) is 0 Å². The number of thioether (sulfide) groups is 1. The van der Waals surface area contributed by atoms with Gasteiger partial charge < -0.3 is 10.9 Å². The Morgan fingerprint density at radius 2 is 1.89 bits per heavy atom. The molecule has 2 rings (SSSR count). The molecule has 0 aliphatic carbocycles. The van der Waals surface area contributed by atoms with E-state index in [1.807, 2.05) is 42.5 Å². The van der Waals surface area contributed by atoms with Crippen LogP contribution in [0, 0.1) is 0 Å². The molecule has 92 valence electrons. The summed E-state index contributed by atoms with van der Waals surface area (Å²) in [4.78, 5) is 1.23. The van der Waals surface area contributed by atoms with Gasteiger partial charge in [0.25, 0.3) is 0 Å². The number of rotatable bonds is 4. The number of nitrogens with zero attached hydrogens (tertiary/aromatic N) is 1. The van der Waals surface area contributed by atoms with Crippen molar-refractivity contribution in [2.75, 3.05) is 0 Å². The summed E-state index contributed by atoms with van der Waals surface area (Å²) in [6.07, 6.45) is 0. The van der Waals surface area contributed by atoms with Gasteiger partial charge >= 0.3 is 0 Å². The third kappa shape index (κ3) is 3.28. The first-order valence-corrected chi connectivity index (χ1v) is 6.53. The third-order valence-electron chi connectivity index (χ3n) is 2.48. The number of oxime groups is 1. The van der Waals surface area contributed by atoms with Crippen LogP contribution in [0.2, 0.25) is 0 Å². The highest BCUT2D eigenvalue weighted by atomic mass is 32.2. The molecule has 3 nitrogen and oxygen atoms in total. The molecule has 0 aliphatic rings. The Kier molecular flexibility index (Phi) is 4.25. The molecule has 0 saturated heterocycles. The molecule has 0 fully saturated rings. The van der Waals surface area contributed by atoms with Crippen LogP contribution in [0.25, 0.3) is 0 Å². The van der Waals surface area contributed by atoms with Gasteiger partial charge in [-0.05, 0) is 23.8 Å². The van der Waals surface area contributed by atoms with Crippen LogP contribution in [0.5, 0.6) is 0 Å². The summed E-state index contributed by atoms with van der Waals surface area (Å²) in [5, 5.41) is 11.7. The molecule has 0 aliphatic heterocycles. The predicted octanol–water partition coefficient (Wildman–Crippen LogP) is 3.07. The molecule has 0 atom stereocenters. The van der Waals surface area contributed by atoms with Crippen molar-refractivity contribution in [3.63, 3.8) is 0 Å². The smallest absolute Gasteiger partial charge is 0.170 e. The number of hydrogen-bond acceptors (Lipinski definition) is 3. The number of nitrogens with two attached hydrogens (primary N) is 1. The van der Waals surface area contributed by atoms with Crippen LogP contribution in [0.3, 0.4) is 0 Å². The standard InChI is InChI=1S/C14H14N2OS/c15-14(16-17)12-6-4-5-11(9-12)10-18-13-7-2-1-3-8-13/h1-9,17H,10H2,(H2,15,16). The van der Waals surface area contributed by atoms with Gasteiger partial charge in [-0.1, -0.05) is 41.6 Å². The predicted molar refractivity (Wildman–Crippen MR) is 75.0 cm³/mol. The fourth-order valence-corrected chi connectivity index (χ4v) is 2.42. The SMILES string of the molecule is N/C(=N\O)c1cccc(CSc2ccccc2)c1. The normalized spacial score (nSPS) is 11.4. The van der Waals surface area contributed by atoms with E-state index in [0.717, 1.165) is 16.9 Å². The minimum Gasteiger partial charge on any atom is -0.409 e. The Labute approximate surface area is 110 Å². The van der Waals surface area contributed by atoms with E-state index < -0.39 is 0 Å². The van der Waals surface area contributed by atoms with E-state index >= 15 is 0 Å². The third-order valence-corrected chi connectivity index (χ3v) is 3.56. The largest absolute Gasteiger partial charge is 0.409 e. The summed E-state index contributed by atoms with van der Waals surface area (Å²) in [6, 6.07) is 17.9. The van der Waals surface area contributed by atoms with Crippen LogP contribution in [0.1, 0.15) is 11.1 Å². The molecular weight excluding hydrogens is 244 g/mol. The molecular formula is C14H14N2OS. The van der Waals surface area contributed by atoms with E-state index in [1.54, 1.807) is 11.8 Å². The molecule has 0 saturated carbocycles. The second kappa shape index (κ2) is 6.12. The zero-order valence-corrected chi connectivity index (χ0v) is 10.6. The molecule has 2 aromatic rings. The Hall–Kier alpha value is -1.94. The quantitative estimate of drug-likeness (QED) is 0.291. The highest BCUT2D eigenvalue weighted by Gasteiger charge is 2.01. The highest BCUT2D eigenvalue weighted by molar-refractivity contribution is 7.98. The summed E-state index contributed by atoms with van der Waals surface area (Å²) in [7, 11) is 0. The molecule has 0 aromatic heterocycles. The first-order valence-electron chi connectivity index (χ1n) is 5.54. The van der Waals surface area contributed by atoms with Crippen molar-refractivity contribution >= 4 is 17.6 Å². The van der Waals surface area contributed by atoms with Gasteiger partial charge in [-0.25, -0.2) is 0 Å². The number of amidine groups is 1. The van der Waals surface area contributed by atoms with Crippen LogP contribution in [0.4, 0.5) is 0 Å². The Bertz CT molecular complexity index is 541. The molecule has 0 amide bonds. The second-order valence-corrected chi connectivity index (χ2v) is 4.84. The summed E-state index contributed by atoms with van der Waals surface area (Å²) >= 11 is 1.76. The van der Waals surface area contributed by atoms with Crippen molar-refractivity contribution in [2.24, 2.45) is 10.9 Å². The van der Waals surface area contributed by atoms with E-state index in [1.165, 1.54) is 4.90 Å². The maximum Gasteiger partial charge on any atom is 0.170 e. The molecule has 2 aromatic carbocycles. The Morgan fingerprint density at radius 3 is 2.61 bits per heavy atom. The zero-order valence-electron chi connectivity index (χ0n) is 9.78. The lowest BCUT2D eigenvalue weighted by Crippen LogP contribution is -2.13. The number of hydrogen-bond donors (Lipinski definition) is 2. The molecule has 0 unspecified atom stereocenters. The summed E-state index contributed by atoms with van der Waals surface area (Å²) in [5.41, 5.74) is 7.45. The maximum atomic E-state index is 8.64. The van der Waals surface area contributed by atoms with Crippen LogP contribution >= 0.6 is 11.8 Å². The van der Waals surface area contributed by atoms with Crippen molar-refractivity contribution in [1.29, 1.82) is 0 Å². The van der Waals surface area contributed by atoms with E-state index in [-0.39, 0.29) is 5.84 Å². The van der Waals surface area contributed by atoms with E-state index in [9.17, 15) is 0 Å². The van der Waals surface area contributed by atoms with Gasteiger partial charge in [-0.3, -0.25) is 0 Å². The monoisotopic (exact) mass is 258 g/mol. The van der Waals surface area contributed by atoms with Crippen LogP contribution in [-0.4, -0.2) is 11.0 Å².